The number of carbonyl (C=O) groups excluding carboxylic acids is 3. The second kappa shape index (κ2) is 12.1. The second-order valence-corrected chi connectivity index (χ2v) is 10.4. The summed E-state index contributed by atoms with van der Waals surface area (Å²) in [4.78, 5) is 44.2. The first kappa shape index (κ1) is 30.9. The molecule has 1 unspecified atom stereocenters. The predicted molar refractivity (Wildman–Crippen MR) is 144 cm³/mol. The molecule has 7 nitrogen and oxygen atoms in total. The van der Waals surface area contributed by atoms with Crippen LogP contribution in [0.3, 0.4) is 0 Å². The second-order valence-electron chi connectivity index (χ2n) is 9.58. The van der Waals surface area contributed by atoms with Crippen molar-refractivity contribution in [1.29, 1.82) is 0 Å². The number of nitrogens with one attached hydrogen (secondary N) is 2. The summed E-state index contributed by atoms with van der Waals surface area (Å²) in [6.45, 7) is 1.18. The molecule has 1 aromatic heterocycles. The Morgan fingerprint density at radius 2 is 1.69 bits per heavy atom. The van der Waals surface area contributed by atoms with E-state index < -0.39 is 46.3 Å². The molecule has 3 aromatic rings. The van der Waals surface area contributed by atoms with Gasteiger partial charge in [-0.15, -0.1) is 11.3 Å². The van der Waals surface area contributed by atoms with Crippen LogP contribution >= 0.6 is 11.3 Å². The molecule has 2 aromatic carbocycles. The first-order valence-electron chi connectivity index (χ1n) is 12.5. The topological polar surface area (TPSA) is 91.4 Å². The molecular weight excluding hydrogens is 586 g/mol. The molecule has 0 saturated carbocycles. The van der Waals surface area contributed by atoms with Crippen molar-refractivity contribution in [2.75, 3.05) is 25.0 Å². The first-order chi connectivity index (χ1) is 19.7. The fourth-order valence-corrected chi connectivity index (χ4v) is 5.34. The smallest absolute Gasteiger partial charge is 0.323 e. The molecule has 4 rings (SSSR count). The van der Waals surface area contributed by atoms with Gasteiger partial charge < -0.3 is 15.5 Å². The highest BCUT2D eigenvalue weighted by molar-refractivity contribution is 7.14. The minimum Gasteiger partial charge on any atom is -0.323 e. The average molecular weight is 611 g/mol. The van der Waals surface area contributed by atoms with Crippen molar-refractivity contribution in [2.24, 2.45) is 0 Å². The Bertz CT molecular complexity index is 1470. The molecule has 1 aliphatic rings. The van der Waals surface area contributed by atoms with Gasteiger partial charge in [-0.2, -0.15) is 26.3 Å². The quantitative estimate of drug-likeness (QED) is 0.275. The Balaban J connectivity index is 1.78. The third-order valence-electron chi connectivity index (χ3n) is 6.53. The SMILES string of the molecule is CC(=O)Nc1nc(/C=C/C(=O)C2(Cc3ccccc3)CNCCN2C(=O)c2cc(C(F)(F)F)cc(C(F)(F)F)c2)cs1. The van der Waals surface area contributed by atoms with Gasteiger partial charge in [0.05, 0.1) is 16.8 Å². The van der Waals surface area contributed by atoms with Crippen LogP contribution in [0.4, 0.5) is 31.5 Å². The largest absolute Gasteiger partial charge is 0.416 e. The number of rotatable bonds is 7. The van der Waals surface area contributed by atoms with Crippen LogP contribution in [-0.2, 0) is 28.4 Å². The molecule has 0 spiro atoms. The summed E-state index contributed by atoms with van der Waals surface area (Å²) in [5, 5.41) is 7.41. The van der Waals surface area contributed by atoms with Crippen molar-refractivity contribution in [1.82, 2.24) is 15.2 Å². The molecule has 0 aliphatic carbocycles. The van der Waals surface area contributed by atoms with Crippen LogP contribution in [0.25, 0.3) is 6.08 Å². The number of thiazole rings is 1. The number of carbonyl (C=O) groups is 3. The predicted octanol–water partition coefficient (Wildman–Crippen LogP) is 5.45. The van der Waals surface area contributed by atoms with Gasteiger partial charge in [-0.3, -0.25) is 14.4 Å². The molecule has 1 fully saturated rings. The van der Waals surface area contributed by atoms with Crippen molar-refractivity contribution >= 4 is 40.1 Å². The lowest BCUT2D eigenvalue weighted by molar-refractivity contribution is -0.143. The number of anilines is 1. The van der Waals surface area contributed by atoms with Crippen molar-refractivity contribution < 1.29 is 40.7 Å². The van der Waals surface area contributed by atoms with Crippen LogP contribution in [0.1, 0.15) is 39.7 Å². The van der Waals surface area contributed by atoms with Gasteiger partial charge in [0.2, 0.25) is 5.91 Å². The lowest BCUT2D eigenvalue weighted by Crippen LogP contribution is -2.67. The highest BCUT2D eigenvalue weighted by atomic mass is 32.1. The van der Waals surface area contributed by atoms with Gasteiger partial charge in [0.15, 0.2) is 10.9 Å². The van der Waals surface area contributed by atoms with Crippen LogP contribution in [0, 0.1) is 0 Å². The molecule has 1 saturated heterocycles. The molecule has 222 valence electrons. The van der Waals surface area contributed by atoms with Gasteiger partial charge in [0.1, 0.15) is 5.54 Å². The number of hydrogen-bond acceptors (Lipinski definition) is 6. The Morgan fingerprint density at radius 3 is 2.29 bits per heavy atom. The van der Waals surface area contributed by atoms with Gasteiger partial charge in [-0.1, -0.05) is 30.3 Å². The van der Waals surface area contributed by atoms with Gasteiger partial charge in [-0.25, -0.2) is 4.98 Å². The number of benzene rings is 2. The van der Waals surface area contributed by atoms with Crippen LogP contribution in [0.15, 0.2) is 60.0 Å². The highest BCUT2D eigenvalue weighted by Crippen LogP contribution is 2.37. The molecular formula is C28H24F6N4O3S. The Kier molecular flexibility index (Phi) is 8.87. The maximum absolute atomic E-state index is 13.9. The van der Waals surface area contributed by atoms with E-state index in [0.717, 1.165) is 22.3 Å². The van der Waals surface area contributed by atoms with E-state index in [9.17, 15) is 40.7 Å². The lowest BCUT2D eigenvalue weighted by Gasteiger charge is -2.46. The third-order valence-corrected chi connectivity index (χ3v) is 7.31. The number of nitrogens with zero attached hydrogens (tertiary/aromatic N) is 2. The summed E-state index contributed by atoms with van der Waals surface area (Å²) in [5.41, 5.74) is -4.86. The zero-order valence-electron chi connectivity index (χ0n) is 22.0. The Morgan fingerprint density at radius 1 is 1.05 bits per heavy atom. The molecule has 42 heavy (non-hydrogen) atoms. The van der Waals surface area contributed by atoms with Crippen molar-refractivity contribution in [2.45, 2.75) is 31.2 Å². The normalized spacial score (nSPS) is 17.8. The van der Waals surface area contributed by atoms with Crippen molar-refractivity contribution in [3.05, 3.63) is 87.9 Å². The minimum atomic E-state index is -5.15. The summed E-state index contributed by atoms with van der Waals surface area (Å²) in [5.74, 6) is -2.11. The Hall–Kier alpha value is -4.04. The maximum atomic E-state index is 13.9. The lowest BCUT2D eigenvalue weighted by atomic mass is 9.82. The van der Waals surface area contributed by atoms with Crippen LogP contribution < -0.4 is 10.6 Å². The molecule has 0 bridgehead atoms. The van der Waals surface area contributed by atoms with E-state index >= 15 is 0 Å². The first-order valence-corrected chi connectivity index (χ1v) is 13.4. The summed E-state index contributed by atoms with van der Waals surface area (Å²) in [6.07, 6.45) is -7.85. The van der Waals surface area contributed by atoms with Gasteiger partial charge in [-0.05, 0) is 35.9 Å². The summed E-state index contributed by atoms with van der Waals surface area (Å²) >= 11 is 1.11. The van der Waals surface area contributed by atoms with Crippen LogP contribution in [-0.4, -0.2) is 52.7 Å². The van der Waals surface area contributed by atoms with E-state index in [1.165, 1.54) is 13.0 Å². The summed E-state index contributed by atoms with van der Waals surface area (Å²) in [7, 11) is 0. The molecule has 14 heteroatoms. The summed E-state index contributed by atoms with van der Waals surface area (Å²) < 4.78 is 81.3. The van der Waals surface area contributed by atoms with E-state index in [-0.39, 0.29) is 43.2 Å². The molecule has 0 radical (unpaired) electrons. The van der Waals surface area contributed by atoms with E-state index in [0.29, 0.717) is 23.4 Å². The molecule has 2 heterocycles. The van der Waals surface area contributed by atoms with Crippen LogP contribution in [0.5, 0.6) is 0 Å². The molecule has 2 N–H and O–H groups in total. The van der Waals surface area contributed by atoms with E-state index in [2.05, 4.69) is 15.6 Å². The molecule has 1 atom stereocenters. The van der Waals surface area contributed by atoms with Gasteiger partial charge >= 0.3 is 12.4 Å². The average Bonchev–Trinajstić information content (AvgIpc) is 3.37. The van der Waals surface area contributed by atoms with Gasteiger partial charge in [0.25, 0.3) is 5.91 Å². The monoisotopic (exact) mass is 610 g/mol. The number of hydrogen-bond donors (Lipinski definition) is 2. The van der Waals surface area contributed by atoms with Crippen molar-refractivity contribution in [3.63, 3.8) is 0 Å². The third kappa shape index (κ3) is 7.05. The highest BCUT2D eigenvalue weighted by Gasteiger charge is 2.47. The maximum Gasteiger partial charge on any atom is 0.416 e. The van der Waals surface area contributed by atoms with E-state index in [1.807, 2.05) is 0 Å². The number of alkyl halides is 6. The summed E-state index contributed by atoms with van der Waals surface area (Å²) in [6, 6.07) is 9.21. The zero-order chi connectivity index (χ0) is 30.7. The number of halogens is 6. The van der Waals surface area contributed by atoms with Gasteiger partial charge in [0, 0.05) is 43.9 Å². The fraction of sp³-hybridized carbons (Fsp3) is 0.286. The molecule has 1 aliphatic heterocycles. The fourth-order valence-electron chi connectivity index (χ4n) is 4.61. The number of ketones is 1. The standard InChI is InChI=1S/C28H24F6N4O3S/c1-17(39)36-25-37-22(15-42-25)7-8-23(40)26(14-18-5-3-2-4-6-18)16-35-9-10-38(26)24(41)19-11-20(27(29,30)31)13-21(12-19)28(32,33)34/h2-8,11-13,15,35H,9-10,14,16H2,1H3,(H,36,37,39)/b8-7+. The van der Waals surface area contributed by atoms with E-state index in [1.54, 1.807) is 35.7 Å². The van der Waals surface area contributed by atoms with Crippen LogP contribution in [0.2, 0.25) is 0 Å². The van der Waals surface area contributed by atoms with Crippen molar-refractivity contribution in [3.8, 4) is 0 Å². The number of piperazine rings is 1. The van der Waals surface area contributed by atoms with E-state index in [4.69, 9.17) is 0 Å². The zero-order valence-corrected chi connectivity index (χ0v) is 22.8. The minimum absolute atomic E-state index is 0.0529. The number of aromatic nitrogens is 1. The molecule has 2 amide bonds. The Labute approximate surface area is 240 Å². The number of amides is 2.